The zero-order chi connectivity index (χ0) is 14.7. The van der Waals surface area contributed by atoms with Crippen LogP contribution >= 0.6 is 0 Å². The van der Waals surface area contributed by atoms with Gasteiger partial charge in [-0.2, -0.15) is 9.78 Å². The van der Waals surface area contributed by atoms with Crippen molar-refractivity contribution in [2.45, 2.75) is 6.92 Å². The van der Waals surface area contributed by atoms with Crippen molar-refractivity contribution in [3.8, 4) is 11.4 Å². The lowest BCUT2D eigenvalue weighted by atomic mass is 10.3. The summed E-state index contributed by atoms with van der Waals surface area (Å²) in [6.45, 7) is 1.71. The van der Waals surface area contributed by atoms with Crippen LogP contribution in [0.4, 0.5) is 4.39 Å². The van der Waals surface area contributed by atoms with Crippen molar-refractivity contribution in [3.05, 3.63) is 52.2 Å². The fourth-order valence-corrected chi connectivity index (χ4v) is 1.56. The monoisotopic (exact) mass is 278 g/mol. The molecule has 1 heterocycles. The molecule has 2 aromatic rings. The molecule has 0 atom stereocenters. The third-order valence-corrected chi connectivity index (χ3v) is 2.45. The molecule has 0 aliphatic rings. The number of carbonyl (C=O) groups excluding carboxylic acids is 1. The van der Waals surface area contributed by atoms with Gasteiger partial charge in [-0.15, -0.1) is 0 Å². The smallest absolute Gasteiger partial charge is 0.362 e. The highest BCUT2D eigenvalue weighted by molar-refractivity contribution is 5.89. The molecule has 0 amide bonds. The zero-order valence-electron chi connectivity index (χ0n) is 10.5. The number of aromatic hydroxyl groups is 1. The van der Waals surface area contributed by atoms with Gasteiger partial charge in [0, 0.05) is 6.07 Å². The molecular weight excluding hydrogens is 267 g/mol. The van der Waals surface area contributed by atoms with E-state index in [0.717, 1.165) is 22.9 Å². The molecule has 1 aromatic carbocycles. The number of ether oxygens (including phenoxy) is 1. The van der Waals surface area contributed by atoms with Gasteiger partial charge in [-0.3, -0.25) is 4.79 Å². The average molecular weight is 278 g/mol. The molecule has 20 heavy (non-hydrogen) atoms. The molecular formula is C13H11FN2O4. The van der Waals surface area contributed by atoms with Gasteiger partial charge in [0.05, 0.1) is 12.3 Å². The Balaban J connectivity index is 2.54. The highest BCUT2D eigenvalue weighted by Gasteiger charge is 2.17. The minimum Gasteiger partial charge on any atom is -0.505 e. The van der Waals surface area contributed by atoms with Gasteiger partial charge in [-0.05, 0) is 31.2 Å². The van der Waals surface area contributed by atoms with Crippen molar-refractivity contribution < 1.29 is 19.0 Å². The van der Waals surface area contributed by atoms with E-state index in [-0.39, 0.29) is 18.0 Å². The Hall–Kier alpha value is -2.70. The van der Waals surface area contributed by atoms with Gasteiger partial charge >= 0.3 is 5.97 Å². The molecule has 0 unspecified atom stereocenters. The fraction of sp³-hybridized carbons (Fsp3) is 0.154. The third kappa shape index (κ3) is 2.66. The van der Waals surface area contributed by atoms with Crippen LogP contribution in [0.15, 0.2) is 35.1 Å². The summed E-state index contributed by atoms with van der Waals surface area (Å²) in [5.74, 6) is -1.88. The van der Waals surface area contributed by atoms with Crippen LogP contribution in [0.25, 0.3) is 5.69 Å². The maximum absolute atomic E-state index is 12.9. The molecule has 0 aliphatic heterocycles. The van der Waals surface area contributed by atoms with E-state index in [0.29, 0.717) is 0 Å². The van der Waals surface area contributed by atoms with Crippen molar-refractivity contribution in [2.24, 2.45) is 0 Å². The van der Waals surface area contributed by atoms with Gasteiger partial charge in [-0.1, -0.05) is 0 Å². The minimum absolute atomic E-state index is 0.107. The van der Waals surface area contributed by atoms with Crippen molar-refractivity contribution in [1.29, 1.82) is 0 Å². The molecule has 7 heteroatoms. The van der Waals surface area contributed by atoms with Crippen LogP contribution in [0, 0.1) is 5.82 Å². The maximum atomic E-state index is 12.9. The van der Waals surface area contributed by atoms with Crippen molar-refractivity contribution in [2.75, 3.05) is 6.61 Å². The van der Waals surface area contributed by atoms with Crippen LogP contribution in [0.2, 0.25) is 0 Å². The van der Waals surface area contributed by atoms with E-state index in [1.54, 1.807) is 6.92 Å². The number of esters is 1. The third-order valence-electron chi connectivity index (χ3n) is 2.45. The summed E-state index contributed by atoms with van der Waals surface area (Å²) >= 11 is 0. The first-order valence-corrected chi connectivity index (χ1v) is 5.79. The highest BCUT2D eigenvalue weighted by Crippen LogP contribution is 2.14. The van der Waals surface area contributed by atoms with Gasteiger partial charge in [0.1, 0.15) is 5.82 Å². The molecule has 0 radical (unpaired) electrons. The first kappa shape index (κ1) is 13.7. The molecule has 2 rings (SSSR count). The zero-order valence-corrected chi connectivity index (χ0v) is 10.5. The predicted molar refractivity (Wildman–Crippen MR) is 67.4 cm³/mol. The lowest BCUT2D eigenvalue weighted by Gasteiger charge is -2.08. The van der Waals surface area contributed by atoms with Gasteiger partial charge in [0.2, 0.25) is 5.69 Å². The Kier molecular flexibility index (Phi) is 3.79. The molecule has 1 N–H and O–H groups in total. The second-order valence-corrected chi connectivity index (χ2v) is 3.83. The van der Waals surface area contributed by atoms with Crippen molar-refractivity contribution in [3.63, 3.8) is 0 Å². The Bertz CT molecular complexity index is 695. The Morgan fingerprint density at radius 3 is 2.65 bits per heavy atom. The Morgan fingerprint density at radius 2 is 2.05 bits per heavy atom. The molecule has 0 spiro atoms. The van der Waals surface area contributed by atoms with E-state index in [9.17, 15) is 19.1 Å². The largest absolute Gasteiger partial charge is 0.505 e. The molecule has 0 saturated heterocycles. The average Bonchev–Trinajstić information content (AvgIpc) is 2.40. The highest BCUT2D eigenvalue weighted by atomic mass is 19.1. The number of hydrogen-bond donors (Lipinski definition) is 1. The van der Waals surface area contributed by atoms with Crippen LogP contribution < -0.4 is 5.56 Å². The molecule has 0 saturated carbocycles. The second kappa shape index (κ2) is 5.52. The summed E-state index contributed by atoms with van der Waals surface area (Å²) in [5, 5.41) is 13.3. The van der Waals surface area contributed by atoms with E-state index in [1.807, 2.05) is 0 Å². The molecule has 0 aliphatic carbocycles. The fourth-order valence-electron chi connectivity index (χ4n) is 1.56. The number of rotatable bonds is 3. The lowest BCUT2D eigenvalue weighted by molar-refractivity contribution is 0.0513. The quantitative estimate of drug-likeness (QED) is 0.855. The maximum Gasteiger partial charge on any atom is 0.362 e. The topological polar surface area (TPSA) is 81.4 Å². The first-order valence-electron chi connectivity index (χ1n) is 5.79. The van der Waals surface area contributed by atoms with Gasteiger partial charge in [0.15, 0.2) is 5.75 Å². The van der Waals surface area contributed by atoms with Gasteiger partial charge in [-0.25, -0.2) is 9.18 Å². The SMILES string of the molecule is CCOC(=O)c1nn(-c2ccc(F)cc2)c(=O)cc1O. The molecule has 1 aromatic heterocycles. The minimum atomic E-state index is -0.846. The first-order chi connectivity index (χ1) is 9.52. The number of hydrogen-bond acceptors (Lipinski definition) is 5. The normalized spacial score (nSPS) is 10.3. The summed E-state index contributed by atoms with van der Waals surface area (Å²) in [5.41, 5.74) is -0.764. The van der Waals surface area contributed by atoms with Crippen LogP contribution in [0.1, 0.15) is 17.4 Å². The molecule has 6 nitrogen and oxygen atoms in total. The summed E-state index contributed by atoms with van der Waals surface area (Å²) in [6, 6.07) is 5.81. The lowest BCUT2D eigenvalue weighted by Crippen LogP contribution is -2.23. The molecule has 104 valence electrons. The van der Waals surface area contributed by atoms with E-state index in [4.69, 9.17) is 4.74 Å². The Morgan fingerprint density at radius 1 is 1.40 bits per heavy atom. The predicted octanol–water partition coefficient (Wildman–Crippen LogP) is 1.25. The molecule has 0 bridgehead atoms. The summed E-state index contributed by atoms with van der Waals surface area (Å²) in [7, 11) is 0. The van der Waals surface area contributed by atoms with E-state index >= 15 is 0 Å². The van der Waals surface area contributed by atoms with Crippen LogP contribution in [0.3, 0.4) is 0 Å². The number of halogens is 1. The number of aromatic nitrogens is 2. The number of benzene rings is 1. The van der Waals surface area contributed by atoms with Crippen LogP contribution in [0.5, 0.6) is 5.75 Å². The summed E-state index contributed by atoms with van der Waals surface area (Å²) < 4.78 is 18.5. The van der Waals surface area contributed by atoms with Crippen molar-refractivity contribution >= 4 is 5.97 Å². The summed E-state index contributed by atoms with van der Waals surface area (Å²) in [4.78, 5) is 23.3. The number of carbonyl (C=O) groups is 1. The number of nitrogens with zero attached hydrogens (tertiary/aromatic N) is 2. The van der Waals surface area contributed by atoms with Gasteiger partial charge < -0.3 is 9.84 Å². The Labute approximate surface area is 113 Å². The standard InChI is InChI=1S/C13H11FN2O4/c1-2-20-13(19)12-10(17)7-11(18)16(15-12)9-5-3-8(14)4-6-9/h3-7,17H,2H2,1H3. The van der Waals surface area contributed by atoms with Crippen LogP contribution in [-0.4, -0.2) is 27.5 Å². The van der Waals surface area contributed by atoms with E-state index in [2.05, 4.69) is 5.10 Å². The summed E-state index contributed by atoms with van der Waals surface area (Å²) in [6.07, 6.45) is 0. The van der Waals surface area contributed by atoms with Gasteiger partial charge in [0.25, 0.3) is 5.56 Å². The second-order valence-electron chi connectivity index (χ2n) is 3.83. The van der Waals surface area contributed by atoms with E-state index < -0.39 is 23.1 Å². The molecule has 0 fully saturated rings. The van der Waals surface area contributed by atoms with Crippen molar-refractivity contribution in [1.82, 2.24) is 9.78 Å². The van der Waals surface area contributed by atoms with E-state index in [1.165, 1.54) is 12.1 Å². The van der Waals surface area contributed by atoms with Crippen LogP contribution in [-0.2, 0) is 4.74 Å².